The smallest absolute Gasteiger partial charge is 0.225 e. The molecule has 5 nitrogen and oxygen atoms in total. The first-order chi connectivity index (χ1) is 9.16. The second kappa shape index (κ2) is 6.82. The molecule has 1 aliphatic rings. The molecule has 106 valence electrons. The summed E-state index contributed by atoms with van der Waals surface area (Å²) in [5.41, 5.74) is 1.13. The number of rotatable bonds is 6. The third-order valence-electron chi connectivity index (χ3n) is 3.34. The molecule has 0 amide bonds. The second-order valence-corrected chi connectivity index (χ2v) is 5.54. The first-order valence-electron chi connectivity index (χ1n) is 6.99. The van der Waals surface area contributed by atoms with E-state index in [0.717, 1.165) is 44.2 Å². The van der Waals surface area contributed by atoms with E-state index in [2.05, 4.69) is 34.0 Å². The maximum absolute atomic E-state index is 5.39. The molecule has 0 saturated carbocycles. The summed E-state index contributed by atoms with van der Waals surface area (Å²) in [5.74, 6) is 1.44. The monoisotopic (exact) mass is 264 g/mol. The molecule has 1 aromatic heterocycles. The molecule has 1 fully saturated rings. The molecule has 1 saturated heterocycles. The third kappa shape index (κ3) is 4.14. The number of nitrogens with zero attached hydrogens (tertiary/aromatic N) is 3. The molecule has 1 unspecified atom stereocenters. The molecule has 0 bridgehead atoms. The minimum Gasteiger partial charge on any atom is -0.379 e. The lowest BCUT2D eigenvalue weighted by atomic mass is 10.2. The highest BCUT2D eigenvalue weighted by atomic mass is 16.5. The van der Waals surface area contributed by atoms with Crippen LogP contribution < -0.4 is 10.2 Å². The molecule has 0 aliphatic carbocycles. The van der Waals surface area contributed by atoms with Gasteiger partial charge in [-0.3, -0.25) is 0 Å². The predicted octanol–water partition coefficient (Wildman–Crippen LogP) is 1.45. The predicted molar refractivity (Wildman–Crippen MR) is 76.2 cm³/mol. The van der Waals surface area contributed by atoms with E-state index in [9.17, 15) is 0 Å². The standard InChI is InChI=1S/C14H24N4O/c1-11(2)6-15-7-12-8-16-14(17-9-12)18(3)13-4-5-19-10-13/h8-9,11,13,15H,4-7,10H2,1-3H3. The zero-order chi connectivity index (χ0) is 13.7. The Morgan fingerprint density at radius 2 is 2.16 bits per heavy atom. The average molecular weight is 264 g/mol. The maximum Gasteiger partial charge on any atom is 0.225 e. The molecule has 2 rings (SSSR count). The van der Waals surface area contributed by atoms with E-state index in [1.165, 1.54) is 0 Å². The number of hydrogen-bond acceptors (Lipinski definition) is 5. The molecule has 1 aromatic rings. The van der Waals surface area contributed by atoms with Gasteiger partial charge in [-0.15, -0.1) is 0 Å². The fourth-order valence-electron chi connectivity index (χ4n) is 2.12. The number of anilines is 1. The molecule has 1 atom stereocenters. The molecule has 0 radical (unpaired) electrons. The quantitative estimate of drug-likeness (QED) is 0.842. The normalized spacial score (nSPS) is 19.1. The summed E-state index contributed by atoms with van der Waals surface area (Å²) in [6.07, 6.45) is 4.86. The van der Waals surface area contributed by atoms with Crippen LogP contribution in [0.5, 0.6) is 0 Å². The van der Waals surface area contributed by atoms with Crippen LogP contribution in [-0.2, 0) is 11.3 Å². The lowest BCUT2D eigenvalue weighted by molar-refractivity contribution is 0.193. The lowest BCUT2D eigenvalue weighted by Gasteiger charge is -2.22. The molecule has 1 N–H and O–H groups in total. The van der Waals surface area contributed by atoms with Gasteiger partial charge in [0.1, 0.15) is 0 Å². The van der Waals surface area contributed by atoms with Gasteiger partial charge in [0.05, 0.1) is 12.6 Å². The summed E-state index contributed by atoms with van der Waals surface area (Å²) in [7, 11) is 2.03. The zero-order valence-electron chi connectivity index (χ0n) is 12.1. The van der Waals surface area contributed by atoms with Crippen LogP contribution in [0.15, 0.2) is 12.4 Å². The molecule has 2 heterocycles. The van der Waals surface area contributed by atoms with Gasteiger partial charge in [0.2, 0.25) is 5.95 Å². The van der Waals surface area contributed by atoms with Crippen molar-refractivity contribution in [1.82, 2.24) is 15.3 Å². The first kappa shape index (κ1) is 14.2. The fraction of sp³-hybridized carbons (Fsp3) is 0.714. The fourth-order valence-corrected chi connectivity index (χ4v) is 2.12. The van der Waals surface area contributed by atoms with Crippen LogP contribution in [0.3, 0.4) is 0 Å². The molecular formula is C14H24N4O. The first-order valence-corrected chi connectivity index (χ1v) is 6.99. The Kier molecular flexibility index (Phi) is 5.10. The summed E-state index contributed by atoms with van der Waals surface area (Å²) in [6, 6.07) is 0.407. The van der Waals surface area contributed by atoms with Crippen molar-refractivity contribution in [2.45, 2.75) is 32.9 Å². The maximum atomic E-state index is 5.39. The SMILES string of the molecule is CC(C)CNCc1cnc(N(C)C2CCOC2)nc1. The van der Waals surface area contributed by atoms with Gasteiger partial charge in [-0.2, -0.15) is 0 Å². The molecule has 0 aromatic carbocycles. The van der Waals surface area contributed by atoms with E-state index >= 15 is 0 Å². The van der Waals surface area contributed by atoms with Crippen molar-refractivity contribution in [3.63, 3.8) is 0 Å². The van der Waals surface area contributed by atoms with E-state index < -0.39 is 0 Å². The number of ether oxygens (including phenoxy) is 1. The van der Waals surface area contributed by atoms with Crippen molar-refractivity contribution in [1.29, 1.82) is 0 Å². The Balaban J connectivity index is 1.86. The summed E-state index contributed by atoms with van der Waals surface area (Å²) < 4.78 is 5.39. The van der Waals surface area contributed by atoms with Crippen LogP contribution in [0, 0.1) is 5.92 Å². The van der Waals surface area contributed by atoms with E-state index in [4.69, 9.17) is 4.74 Å². The van der Waals surface area contributed by atoms with Crippen molar-refractivity contribution in [3.05, 3.63) is 18.0 Å². The Hall–Kier alpha value is -1.20. The van der Waals surface area contributed by atoms with E-state index in [0.29, 0.717) is 12.0 Å². The van der Waals surface area contributed by atoms with Crippen molar-refractivity contribution in [2.75, 3.05) is 31.7 Å². The number of hydrogen-bond donors (Lipinski definition) is 1. The summed E-state index contributed by atoms with van der Waals surface area (Å²) in [5, 5.41) is 3.39. The van der Waals surface area contributed by atoms with Gasteiger partial charge in [0.15, 0.2) is 0 Å². The molecular weight excluding hydrogens is 240 g/mol. The largest absolute Gasteiger partial charge is 0.379 e. The third-order valence-corrected chi connectivity index (χ3v) is 3.34. The Morgan fingerprint density at radius 3 is 2.74 bits per heavy atom. The van der Waals surface area contributed by atoms with Crippen molar-refractivity contribution >= 4 is 5.95 Å². The summed E-state index contributed by atoms with van der Waals surface area (Å²) >= 11 is 0. The topological polar surface area (TPSA) is 50.3 Å². The highest BCUT2D eigenvalue weighted by molar-refractivity contribution is 5.30. The number of nitrogens with one attached hydrogen (secondary N) is 1. The second-order valence-electron chi connectivity index (χ2n) is 5.54. The van der Waals surface area contributed by atoms with Gasteiger partial charge >= 0.3 is 0 Å². The minimum absolute atomic E-state index is 0.407. The van der Waals surface area contributed by atoms with Crippen LogP contribution in [0.4, 0.5) is 5.95 Å². The van der Waals surface area contributed by atoms with E-state index in [1.807, 2.05) is 19.4 Å². The average Bonchev–Trinajstić information content (AvgIpc) is 2.92. The van der Waals surface area contributed by atoms with Crippen LogP contribution in [0.2, 0.25) is 0 Å². The van der Waals surface area contributed by atoms with Crippen LogP contribution >= 0.6 is 0 Å². The van der Waals surface area contributed by atoms with Crippen molar-refractivity contribution < 1.29 is 4.74 Å². The Bertz CT molecular complexity index is 374. The molecule has 19 heavy (non-hydrogen) atoms. The highest BCUT2D eigenvalue weighted by Crippen LogP contribution is 2.15. The minimum atomic E-state index is 0.407. The summed E-state index contributed by atoms with van der Waals surface area (Å²) in [4.78, 5) is 11.0. The zero-order valence-corrected chi connectivity index (χ0v) is 12.1. The van der Waals surface area contributed by atoms with Gasteiger partial charge in [0.25, 0.3) is 0 Å². The Morgan fingerprint density at radius 1 is 1.42 bits per heavy atom. The Labute approximate surface area is 115 Å². The number of aromatic nitrogens is 2. The van der Waals surface area contributed by atoms with Gasteiger partial charge < -0.3 is 15.0 Å². The van der Waals surface area contributed by atoms with Crippen molar-refractivity contribution in [3.8, 4) is 0 Å². The summed E-state index contributed by atoms with van der Waals surface area (Å²) in [6.45, 7) is 7.86. The van der Waals surface area contributed by atoms with Crippen molar-refractivity contribution in [2.24, 2.45) is 5.92 Å². The van der Waals surface area contributed by atoms with E-state index in [1.54, 1.807) is 0 Å². The highest BCUT2D eigenvalue weighted by Gasteiger charge is 2.21. The molecule has 0 spiro atoms. The van der Waals surface area contributed by atoms with Gasteiger partial charge in [-0.25, -0.2) is 9.97 Å². The van der Waals surface area contributed by atoms with Gasteiger partial charge in [-0.1, -0.05) is 13.8 Å². The van der Waals surface area contributed by atoms with Crippen LogP contribution in [0.25, 0.3) is 0 Å². The van der Waals surface area contributed by atoms with Crippen LogP contribution in [-0.4, -0.2) is 42.8 Å². The number of likely N-dealkylation sites (N-methyl/N-ethyl adjacent to an activating group) is 1. The lowest BCUT2D eigenvalue weighted by Crippen LogP contribution is -2.33. The van der Waals surface area contributed by atoms with Crippen LogP contribution in [0.1, 0.15) is 25.8 Å². The van der Waals surface area contributed by atoms with Gasteiger partial charge in [-0.05, 0) is 18.9 Å². The molecule has 1 aliphatic heterocycles. The van der Waals surface area contributed by atoms with E-state index in [-0.39, 0.29) is 0 Å². The van der Waals surface area contributed by atoms with Gasteiger partial charge in [0, 0.05) is 38.2 Å². The molecule has 5 heteroatoms.